The second-order valence-electron chi connectivity index (χ2n) is 3.22. The van der Waals surface area contributed by atoms with Crippen molar-refractivity contribution in [3.63, 3.8) is 0 Å². The van der Waals surface area contributed by atoms with Gasteiger partial charge in [-0.05, 0) is 18.6 Å². The average molecular weight is 208 g/mol. The Morgan fingerprint density at radius 3 is 2.53 bits per heavy atom. The molecule has 1 saturated heterocycles. The van der Waals surface area contributed by atoms with Crippen LogP contribution in [0, 0.1) is 0 Å². The van der Waals surface area contributed by atoms with Crippen molar-refractivity contribution in [3.05, 3.63) is 29.8 Å². The molecule has 82 valence electrons. The van der Waals surface area contributed by atoms with Gasteiger partial charge in [0, 0.05) is 0 Å². The summed E-state index contributed by atoms with van der Waals surface area (Å²) in [5, 5.41) is 0. The van der Waals surface area contributed by atoms with E-state index in [1.54, 1.807) is 25.3 Å². The highest BCUT2D eigenvalue weighted by Crippen LogP contribution is 2.13. The predicted molar refractivity (Wildman–Crippen MR) is 58.4 cm³/mol. The summed E-state index contributed by atoms with van der Waals surface area (Å²) in [7, 11) is 1.54. The van der Waals surface area contributed by atoms with E-state index >= 15 is 0 Å². The van der Waals surface area contributed by atoms with Crippen LogP contribution in [0.4, 0.5) is 0 Å². The molecule has 1 unspecified atom stereocenters. The lowest BCUT2D eigenvalue weighted by Gasteiger charge is -1.99. The molecule has 0 spiro atoms. The summed E-state index contributed by atoms with van der Waals surface area (Å²) in [4.78, 5) is 10.3. The molecule has 1 heterocycles. The second-order valence-corrected chi connectivity index (χ2v) is 3.22. The fourth-order valence-electron chi connectivity index (χ4n) is 1.07. The maximum atomic E-state index is 10.3. The van der Waals surface area contributed by atoms with Crippen LogP contribution in [0.25, 0.3) is 0 Å². The van der Waals surface area contributed by atoms with E-state index in [1.807, 2.05) is 6.07 Å². The van der Waals surface area contributed by atoms with Crippen LogP contribution in [-0.2, 0) is 4.74 Å². The van der Waals surface area contributed by atoms with Crippen molar-refractivity contribution in [1.29, 1.82) is 0 Å². The first-order chi connectivity index (χ1) is 7.31. The number of epoxide rings is 1. The Hall–Kier alpha value is -1.35. The summed E-state index contributed by atoms with van der Waals surface area (Å²) >= 11 is 0. The minimum Gasteiger partial charge on any atom is -0.496 e. The van der Waals surface area contributed by atoms with Crippen LogP contribution < -0.4 is 4.74 Å². The van der Waals surface area contributed by atoms with Gasteiger partial charge in [0.15, 0.2) is 6.29 Å². The topological polar surface area (TPSA) is 38.8 Å². The SMILES string of the molecule is CCC1CO1.COc1ccccc1C=O. The number of para-hydroxylation sites is 1. The summed E-state index contributed by atoms with van der Waals surface area (Å²) in [6, 6.07) is 7.09. The molecule has 1 aliphatic heterocycles. The summed E-state index contributed by atoms with van der Waals surface area (Å²) in [5.41, 5.74) is 0.588. The van der Waals surface area contributed by atoms with Crippen molar-refractivity contribution < 1.29 is 14.3 Å². The maximum Gasteiger partial charge on any atom is 0.153 e. The number of carbonyl (C=O) groups excluding carboxylic acids is 1. The van der Waals surface area contributed by atoms with Crippen LogP contribution in [0.15, 0.2) is 24.3 Å². The third-order valence-electron chi connectivity index (χ3n) is 2.12. The quantitative estimate of drug-likeness (QED) is 0.565. The van der Waals surface area contributed by atoms with E-state index in [1.165, 1.54) is 6.42 Å². The van der Waals surface area contributed by atoms with Crippen LogP contribution in [0.5, 0.6) is 5.75 Å². The largest absolute Gasteiger partial charge is 0.496 e. The molecule has 15 heavy (non-hydrogen) atoms. The van der Waals surface area contributed by atoms with E-state index in [-0.39, 0.29) is 0 Å². The third kappa shape index (κ3) is 4.13. The lowest BCUT2D eigenvalue weighted by atomic mass is 10.2. The van der Waals surface area contributed by atoms with Crippen molar-refractivity contribution >= 4 is 6.29 Å². The molecule has 0 amide bonds. The Kier molecular flexibility index (Phi) is 4.84. The molecule has 0 saturated carbocycles. The van der Waals surface area contributed by atoms with Crippen LogP contribution in [0.1, 0.15) is 23.7 Å². The number of ether oxygens (including phenoxy) is 2. The molecule has 1 aromatic rings. The van der Waals surface area contributed by atoms with Gasteiger partial charge in [-0.3, -0.25) is 4.79 Å². The van der Waals surface area contributed by atoms with E-state index < -0.39 is 0 Å². The standard InChI is InChI=1S/C8H8O2.C4H8O/c1-10-8-5-3-2-4-7(8)6-9;1-2-4-3-5-4/h2-6H,1H3;4H,2-3H2,1H3. The van der Waals surface area contributed by atoms with Gasteiger partial charge in [-0.1, -0.05) is 19.1 Å². The van der Waals surface area contributed by atoms with Gasteiger partial charge in [0.1, 0.15) is 5.75 Å². The Bertz CT molecular complexity index is 305. The summed E-state index contributed by atoms with van der Waals surface area (Å²) in [5.74, 6) is 0.623. The molecule has 1 fully saturated rings. The minimum atomic E-state index is 0.588. The van der Waals surface area contributed by atoms with E-state index in [4.69, 9.17) is 9.47 Å². The zero-order valence-corrected chi connectivity index (χ0v) is 9.10. The molecular weight excluding hydrogens is 192 g/mol. The first-order valence-corrected chi connectivity index (χ1v) is 5.01. The van der Waals surface area contributed by atoms with Crippen LogP contribution >= 0.6 is 0 Å². The summed E-state index contributed by atoms with van der Waals surface area (Å²) in [6.07, 6.45) is 2.61. The van der Waals surface area contributed by atoms with E-state index in [9.17, 15) is 4.79 Å². The Morgan fingerprint density at radius 2 is 2.20 bits per heavy atom. The Morgan fingerprint density at radius 1 is 1.53 bits per heavy atom. The molecule has 1 aliphatic rings. The normalized spacial score (nSPS) is 17.3. The first-order valence-electron chi connectivity index (χ1n) is 5.01. The minimum absolute atomic E-state index is 0.588. The highest BCUT2D eigenvalue weighted by molar-refractivity contribution is 5.79. The molecule has 0 N–H and O–H groups in total. The van der Waals surface area contributed by atoms with Crippen LogP contribution in [0.2, 0.25) is 0 Å². The van der Waals surface area contributed by atoms with Crippen LogP contribution in [-0.4, -0.2) is 26.1 Å². The molecule has 1 atom stereocenters. The zero-order valence-electron chi connectivity index (χ0n) is 9.10. The molecule has 3 heteroatoms. The summed E-state index contributed by atoms with van der Waals surface area (Å²) < 4.78 is 9.76. The smallest absolute Gasteiger partial charge is 0.153 e. The molecule has 3 nitrogen and oxygen atoms in total. The predicted octanol–water partition coefficient (Wildman–Crippen LogP) is 2.30. The number of benzene rings is 1. The van der Waals surface area contributed by atoms with Gasteiger partial charge in [0.05, 0.1) is 25.4 Å². The van der Waals surface area contributed by atoms with Gasteiger partial charge in [-0.2, -0.15) is 0 Å². The number of rotatable bonds is 3. The molecule has 0 radical (unpaired) electrons. The fourth-order valence-corrected chi connectivity index (χ4v) is 1.07. The van der Waals surface area contributed by atoms with E-state index in [0.29, 0.717) is 17.4 Å². The van der Waals surface area contributed by atoms with Crippen molar-refractivity contribution in [3.8, 4) is 5.75 Å². The molecule has 0 aliphatic carbocycles. The Balaban J connectivity index is 0.000000187. The molecule has 2 rings (SSSR count). The lowest BCUT2D eigenvalue weighted by Crippen LogP contribution is -1.88. The van der Waals surface area contributed by atoms with Crippen molar-refractivity contribution in [2.24, 2.45) is 0 Å². The Labute approximate surface area is 90.0 Å². The van der Waals surface area contributed by atoms with Gasteiger partial charge in [0.2, 0.25) is 0 Å². The van der Waals surface area contributed by atoms with Gasteiger partial charge in [-0.25, -0.2) is 0 Å². The van der Waals surface area contributed by atoms with Gasteiger partial charge < -0.3 is 9.47 Å². The second kappa shape index (κ2) is 6.19. The van der Waals surface area contributed by atoms with Crippen molar-refractivity contribution in [1.82, 2.24) is 0 Å². The number of methoxy groups -OCH3 is 1. The van der Waals surface area contributed by atoms with E-state index in [2.05, 4.69) is 6.92 Å². The van der Waals surface area contributed by atoms with Crippen molar-refractivity contribution in [2.45, 2.75) is 19.4 Å². The van der Waals surface area contributed by atoms with Gasteiger partial charge in [-0.15, -0.1) is 0 Å². The molecule has 0 aromatic heterocycles. The number of carbonyl (C=O) groups is 1. The first kappa shape index (κ1) is 11.7. The molecule has 0 bridgehead atoms. The van der Waals surface area contributed by atoms with Gasteiger partial charge in [0.25, 0.3) is 0 Å². The maximum absolute atomic E-state index is 10.3. The number of aldehydes is 1. The zero-order chi connectivity index (χ0) is 11.1. The lowest BCUT2D eigenvalue weighted by molar-refractivity contribution is 0.112. The monoisotopic (exact) mass is 208 g/mol. The summed E-state index contributed by atoms with van der Waals surface area (Å²) in [6.45, 7) is 3.15. The highest BCUT2D eigenvalue weighted by Gasteiger charge is 2.18. The highest BCUT2D eigenvalue weighted by atomic mass is 16.6. The van der Waals surface area contributed by atoms with E-state index in [0.717, 1.165) is 12.9 Å². The average Bonchev–Trinajstić information content (AvgIpc) is 3.13. The van der Waals surface area contributed by atoms with Crippen LogP contribution in [0.3, 0.4) is 0 Å². The molecule has 1 aromatic carbocycles. The molecular formula is C12H16O3. The third-order valence-corrected chi connectivity index (χ3v) is 2.12. The number of hydrogen-bond acceptors (Lipinski definition) is 3. The van der Waals surface area contributed by atoms with Gasteiger partial charge >= 0.3 is 0 Å². The fraction of sp³-hybridized carbons (Fsp3) is 0.417. The van der Waals surface area contributed by atoms with Crippen molar-refractivity contribution in [2.75, 3.05) is 13.7 Å². The number of hydrogen-bond donors (Lipinski definition) is 0.